The third kappa shape index (κ3) is 2.42. The fourth-order valence-corrected chi connectivity index (χ4v) is 4.91. The Balaban J connectivity index is 1.30. The number of benzene rings is 1. The molecular formula is C19H23N3O3. The number of rotatable bonds is 2. The number of aromatic nitrogens is 2. The van der Waals surface area contributed by atoms with E-state index >= 15 is 0 Å². The monoisotopic (exact) mass is 341 g/mol. The highest BCUT2D eigenvalue weighted by atomic mass is 16.5. The maximum absolute atomic E-state index is 12.8. The predicted molar refractivity (Wildman–Crippen MR) is 93.4 cm³/mol. The molecule has 5 rings (SSSR count). The molecule has 3 aliphatic heterocycles. The van der Waals surface area contributed by atoms with Crippen LogP contribution in [0.5, 0.6) is 0 Å². The van der Waals surface area contributed by atoms with E-state index in [1.807, 2.05) is 33.7 Å². The van der Waals surface area contributed by atoms with Crippen LogP contribution in [0.3, 0.4) is 0 Å². The molecule has 2 aromatic rings. The number of ether oxygens (including phenoxy) is 1. The van der Waals surface area contributed by atoms with E-state index < -0.39 is 0 Å². The van der Waals surface area contributed by atoms with Gasteiger partial charge in [-0.1, -0.05) is 12.1 Å². The number of H-pyrrole nitrogens is 1. The van der Waals surface area contributed by atoms with Crippen molar-refractivity contribution < 1.29 is 9.53 Å². The van der Waals surface area contributed by atoms with Crippen LogP contribution in [0.4, 0.5) is 0 Å². The van der Waals surface area contributed by atoms with Gasteiger partial charge in [-0.05, 0) is 44.2 Å². The van der Waals surface area contributed by atoms with Crippen LogP contribution in [-0.4, -0.2) is 45.7 Å². The largest absolute Gasteiger partial charge is 0.374 e. The van der Waals surface area contributed by atoms with Gasteiger partial charge in [0.05, 0.1) is 29.2 Å². The summed E-state index contributed by atoms with van der Waals surface area (Å²) < 4.78 is 7.72. The van der Waals surface area contributed by atoms with Crippen LogP contribution in [-0.2, 0) is 9.53 Å². The van der Waals surface area contributed by atoms with Crippen molar-refractivity contribution in [3.05, 3.63) is 34.7 Å². The van der Waals surface area contributed by atoms with Gasteiger partial charge in [0.15, 0.2) is 0 Å². The Kier molecular flexibility index (Phi) is 3.48. The Morgan fingerprint density at radius 1 is 1.12 bits per heavy atom. The first-order valence-corrected chi connectivity index (χ1v) is 9.34. The Morgan fingerprint density at radius 3 is 2.64 bits per heavy atom. The molecule has 1 aromatic carbocycles. The lowest BCUT2D eigenvalue weighted by atomic mass is 9.87. The number of amides is 1. The van der Waals surface area contributed by atoms with Crippen LogP contribution in [0.25, 0.3) is 11.0 Å². The molecule has 3 fully saturated rings. The van der Waals surface area contributed by atoms with E-state index in [0.717, 1.165) is 56.2 Å². The van der Waals surface area contributed by atoms with E-state index in [9.17, 15) is 9.59 Å². The number of fused-ring (bicyclic) bond motifs is 3. The number of carbonyl (C=O) groups is 1. The molecule has 1 aromatic heterocycles. The van der Waals surface area contributed by atoms with E-state index in [1.165, 1.54) is 0 Å². The lowest BCUT2D eigenvalue weighted by Crippen LogP contribution is -2.45. The van der Waals surface area contributed by atoms with Gasteiger partial charge >= 0.3 is 5.69 Å². The highest BCUT2D eigenvalue weighted by Gasteiger charge is 2.46. The van der Waals surface area contributed by atoms with Gasteiger partial charge in [-0.3, -0.25) is 9.36 Å². The zero-order chi connectivity index (χ0) is 17.0. The molecule has 0 saturated carbocycles. The highest BCUT2D eigenvalue weighted by Crippen LogP contribution is 2.40. The SMILES string of the molecule is O=C([C@@H]1C[C@H]2CC[C@@H]1O2)N1CCC(n2c(=O)[nH]c3ccccc32)CC1. The van der Waals surface area contributed by atoms with Crippen molar-refractivity contribution in [2.75, 3.05) is 13.1 Å². The number of carbonyl (C=O) groups excluding carboxylic acids is 1. The van der Waals surface area contributed by atoms with Crippen molar-refractivity contribution in [1.82, 2.24) is 14.5 Å². The number of nitrogens with zero attached hydrogens (tertiary/aromatic N) is 2. The Morgan fingerprint density at radius 2 is 1.92 bits per heavy atom. The number of likely N-dealkylation sites (tertiary alicyclic amines) is 1. The van der Waals surface area contributed by atoms with Gasteiger partial charge in [-0.25, -0.2) is 4.79 Å². The zero-order valence-corrected chi connectivity index (χ0v) is 14.2. The second-order valence-electron chi connectivity index (χ2n) is 7.59. The summed E-state index contributed by atoms with van der Waals surface area (Å²) in [6, 6.07) is 7.96. The third-order valence-electron chi connectivity index (χ3n) is 6.19. The lowest BCUT2D eigenvalue weighted by molar-refractivity contribution is -0.138. The first kappa shape index (κ1) is 15.2. The van der Waals surface area contributed by atoms with Crippen LogP contribution in [0, 0.1) is 5.92 Å². The number of hydrogen-bond acceptors (Lipinski definition) is 3. The van der Waals surface area contributed by atoms with Crippen LogP contribution >= 0.6 is 0 Å². The van der Waals surface area contributed by atoms with E-state index in [0.29, 0.717) is 6.10 Å². The number of imidazole rings is 1. The number of piperidine rings is 1. The molecule has 4 heterocycles. The highest BCUT2D eigenvalue weighted by molar-refractivity contribution is 5.80. The number of para-hydroxylation sites is 2. The fourth-order valence-electron chi connectivity index (χ4n) is 4.91. The van der Waals surface area contributed by atoms with Gasteiger partial charge in [-0.2, -0.15) is 0 Å². The average Bonchev–Trinajstić information content (AvgIpc) is 3.34. The quantitative estimate of drug-likeness (QED) is 0.909. The molecule has 25 heavy (non-hydrogen) atoms. The molecule has 0 spiro atoms. The number of hydrogen-bond donors (Lipinski definition) is 1. The van der Waals surface area contributed by atoms with Crippen molar-refractivity contribution >= 4 is 16.9 Å². The molecule has 2 bridgehead atoms. The minimum Gasteiger partial charge on any atom is -0.374 e. The summed E-state index contributed by atoms with van der Waals surface area (Å²) in [6.07, 6.45) is 5.14. The second kappa shape index (κ2) is 5.73. The maximum Gasteiger partial charge on any atom is 0.326 e. The van der Waals surface area contributed by atoms with E-state index in [1.54, 1.807) is 0 Å². The third-order valence-corrected chi connectivity index (χ3v) is 6.19. The lowest BCUT2D eigenvalue weighted by Gasteiger charge is -2.35. The molecule has 6 heteroatoms. The van der Waals surface area contributed by atoms with Crippen LogP contribution < -0.4 is 5.69 Å². The molecule has 6 nitrogen and oxygen atoms in total. The number of nitrogens with one attached hydrogen (secondary N) is 1. The molecule has 1 amide bonds. The Labute approximate surface area is 145 Å². The molecule has 0 aliphatic carbocycles. The average molecular weight is 341 g/mol. The van der Waals surface area contributed by atoms with E-state index in [2.05, 4.69) is 4.98 Å². The van der Waals surface area contributed by atoms with E-state index in [4.69, 9.17) is 4.74 Å². The van der Waals surface area contributed by atoms with Gasteiger partial charge in [0.2, 0.25) is 5.91 Å². The first-order chi connectivity index (χ1) is 12.2. The summed E-state index contributed by atoms with van der Waals surface area (Å²) in [4.78, 5) is 30.1. The minimum absolute atomic E-state index is 0.0486. The molecule has 3 atom stereocenters. The normalized spacial score (nSPS) is 29.6. The van der Waals surface area contributed by atoms with Gasteiger partial charge in [0, 0.05) is 19.1 Å². The number of aromatic amines is 1. The van der Waals surface area contributed by atoms with Crippen molar-refractivity contribution in [2.24, 2.45) is 5.92 Å². The van der Waals surface area contributed by atoms with Crippen molar-refractivity contribution in [1.29, 1.82) is 0 Å². The molecule has 132 valence electrons. The molecule has 3 saturated heterocycles. The van der Waals surface area contributed by atoms with Crippen LogP contribution in [0.15, 0.2) is 29.1 Å². The zero-order valence-electron chi connectivity index (χ0n) is 14.2. The molecule has 1 N–H and O–H groups in total. The summed E-state index contributed by atoms with van der Waals surface area (Å²) >= 11 is 0. The summed E-state index contributed by atoms with van der Waals surface area (Å²) in [5, 5.41) is 0. The van der Waals surface area contributed by atoms with Crippen molar-refractivity contribution in [3.8, 4) is 0 Å². The van der Waals surface area contributed by atoms with Gasteiger partial charge in [-0.15, -0.1) is 0 Å². The minimum atomic E-state index is -0.0486. The Bertz CT molecular complexity index is 862. The summed E-state index contributed by atoms with van der Waals surface area (Å²) in [5.41, 5.74) is 1.79. The summed E-state index contributed by atoms with van der Waals surface area (Å²) in [6.45, 7) is 1.45. The maximum atomic E-state index is 12.8. The molecule has 0 radical (unpaired) electrons. The molecule has 3 aliphatic rings. The van der Waals surface area contributed by atoms with Gasteiger partial charge in [0.1, 0.15) is 0 Å². The fraction of sp³-hybridized carbons (Fsp3) is 0.579. The molecule has 0 unspecified atom stereocenters. The smallest absolute Gasteiger partial charge is 0.326 e. The summed E-state index contributed by atoms with van der Waals surface area (Å²) in [7, 11) is 0. The van der Waals surface area contributed by atoms with Crippen molar-refractivity contribution in [2.45, 2.75) is 50.4 Å². The topological polar surface area (TPSA) is 67.3 Å². The van der Waals surface area contributed by atoms with Crippen LogP contribution in [0.2, 0.25) is 0 Å². The van der Waals surface area contributed by atoms with E-state index in [-0.39, 0.29) is 29.7 Å². The van der Waals surface area contributed by atoms with Crippen molar-refractivity contribution in [3.63, 3.8) is 0 Å². The van der Waals surface area contributed by atoms with Crippen LogP contribution in [0.1, 0.15) is 38.1 Å². The standard InChI is InChI=1S/C19H23N3O3/c23-18(14-11-13-5-6-17(14)25-13)21-9-7-12(8-10-21)22-16-4-2-1-3-15(16)20-19(22)24/h1-4,12-14,17H,5-11H2,(H,20,24)/t13-,14-,17+/m1/s1. The second-order valence-corrected chi connectivity index (χ2v) is 7.59. The first-order valence-electron chi connectivity index (χ1n) is 9.34. The molecular weight excluding hydrogens is 318 g/mol. The Hall–Kier alpha value is -2.08. The van der Waals surface area contributed by atoms with Gasteiger partial charge < -0.3 is 14.6 Å². The predicted octanol–water partition coefficient (Wildman–Crippen LogP) is 2.06. The van der Waals surface area contributed by atoms with Gasteiger partial charge in [0.25, 0.3) is 0 Å². The summed E-state index contributed by atoms with van der Waals surface area (Å²) in [5.74, 6) is 0.322.